The summed E-state index contributed by atoms with van der Waals surface area (Å²) in [4.78, 5) is 12.2. The Morgan fingerprint density at radius 1 is 1.16 bits per heavy atom. The average molecular weight is 445 g/mol. The van der Waals surface area contributed by atoms with Crippen LogP contribution >= 0.6 is 11.6 Å². The van der Waals surface area contributed by atoms with E-state index in [4.69, 9.17) is 30.5 Å². The molecule has 2 aliphatic rings. The van der Waals surface area contributed by atoms with Crippen molar-refractivity contribution in [3.05, 3.63) is 70.8 Å². The van der Waals surface area contributed by atoms with Gasteiger partial charge in [0.1, 0.15) is 18.0 Å². The van der Waals surface area contributed by atoms with E-state index in [1.165, 1.54) is 6.08 Å². The van der Waals surface area contributed by atoms with Crippen LogP contribution in [0.3, 0.4) is 0 Å². The van der Waals surface area contributed by atoms with Gasteiger partial charge in [0.15, 0.2) is 11.6 Å². The second kappa shape index (κ2) is 9.10. The van der Waals surface area contributed by atoms with E-state index in [0.29, 0.717) is 29.4 Å². The van der Waals surface area contributed by atoms with Gasteiger partial charge in [-0.25, -0.2) is 0 Å². The van der Waals surface area contributed by atoms with Crippen LogP contribution < -0.4 is 4.74 Å². The highest BCUT2D eigenvalue weighted by Gasteiger charge is 2.46. The van der Waals surface area contributed by atoms with Gasteiger partial charge < -0.3 is 24.1 Å². The molecule has 0 saturated carbocycles. The fourth-order valence-corrected chi connectivity index (χ4v) is 3.73. The van der Waals surface area contributed by atoms with Crippen LogP contribution in [-0.2, 0) is 14.2 Å². The molecule has 4 atom stereocenters. The summed E-state index contributed by atoms with van der Waals surface area (Å²) in [6, 6.07) is 14.0. The maximum atomic E-state index is 12.2. The molecule has 0 aromatic heterocycles. The summed E-state index contributed by atoms with van der Waals surface area (Å²) >= 11 is 5.85. The van der Waals surface area contributed by atoms with E-state index in [-0.39, 0.29) is 11.9 Å². The molecular weight excluding hydrogens is 420 g/mol. The van der Waals surface area contributed by atoms with Crippen molar-refractivity contribution in [3.63, 3.8) is 0 Å². The van der Waals surface area contributed by atoms with E-state index in [9.17, 15) is 9.90 Å². The van der Waals surface area contributed by atoms with E-state index < -0.39 is 24.3 Å². The molecule has 1 N–H and O–H groups in total. The molecule has 0 aliphatic carbocycles. The minimum Gasteiger partial charge on any atom is -0.465 e. The number of hydrogen-bond donors (Lipinski definition) is 1. The third kappa shape index (κ3) is 5.53. The smallest absolute Gasteiger partial charge is 0.202 e. The summed E-state index contributed by atoms with van der Waals surface area (Å²) in [6.45, 7) is 3.97. The van der Waals surface area contributed by atoms with Crippen molar-refractivity contribution in [1.82, 2.24) is 0 Å². The van der Waals surface area contributed by atoms with Crippen molar-refractivity contribution in [1.29, 1.82) is 0 Å². The molecule has 0 radical (unpaired) electrons. The predicted octanol–water partition coefficient (Wildman–Crippen LogP) is 4.24. The van der Waals surface area contributed by atoms with Crippen LogP contribution in [0.5, 0.6) is 5.75 Å². The first kappa shape index (κ1) is 22.0. The maximum Gasteiger partial charge on any atom is 0.202 e. The van der Waals surface area contributed by atoms with E-state index in [0.717, 1.165) is 5.56 Å². The lowest BCUT2D eigenvalue weighted by Gasteiger charge is -2.46. The quantitative estimate of drug-likeness (QED) is 0.549. The van der Waals surface area contributed by atoms with Gasteiger partial charge in [0, 0.05) is 17.0 Å². The summed E-state index contributed by atoms with van der Waals surface area (Å²) in [5.74, 6) is -0.233. The molecule has 2 aromatic rings. The van der Waals surface area contributed by atoms with Crippen molar-refractivity contribution in [2.45, 2.75) is 50.7 Å². The van der Waals surface area contributed by atoms with Crippen LogP contribution in [0.15, 0.2) is 54.6 Å². The Morgan fingerprint density at radius 3 is 2.58 bits per heavy atom. The number of rotatable bonds is 5. The Hall–Kier alpha value is -2.22. The highest BCUT2D eigenvalue weighted by molar-refractivity contribution is 6.30. The zero-order valence-corrected chi connectivity index (χ0v) is 18.1. The van der Waals surface area contributed by atoms with Crippen LogP contribution in [0, 0.1) is 0 Å². The first-order valence-electron chi connectivity index (χ1n) is 10.2. The van der Waals surface area contributed by atoms with Crippen molar-refractivity contribution in [3.8, 4) is 5.75 Å². The third-order valence-electron chi connectivity index (χ3n) is 5.22. The standard InChI is InChI=1S/C24H25ClO6/c1-24(2)28-14-21-23(31-24)20(27)13-22(30-21)29-18-10-3-15(4-11-18)5-12-19(26)16-6-8-17(25)9-7-16/h3-12,20-23,27H,13-14H2,1-2H3/b12-5+. The normalized spacial score (nSPS) is 27.6. The van der Waals surface area contributed by atoms with Crippen molar-refractivity contribution >= 4 is 23.5 Å². The molecule has 4 rings (SSSR count). The molecule has 2 aromatic carbocycles. The van der Waals surface area contributed by atoms with E-state index in [1.807, 2.05) is 26.0 Å². The van der Waals surface area contributed by atoms with Gasteiger partial charge in [-0.3, -0.25) is 4.79 Å². The molecule has 2 saturated heterocycles. The molecule has 0 bridgehead atoms. The molecule has 2 heterocycles. The summed E-state index contributed by atoms with van der Waals surface area (Å²) in [5, 5.41) is 11.1. The van der Waals surface area contributed by atoms with E-state index >= 15 is 0 Å². The van der Waals surface area contributed by atoms with Crippen molar-refractivity contribution < 1.29 is 28.8 Å². The number of carbonyl (C=O) groups excluding carboxylic acids is 1. The van der Waals surface area contributed by atoms with Crippen LogP contribution in [0.1, 0.15) is 36.2 Å². The molecule has 4 unspecified atom stereocenters. The molecule has 31 heavy (non-hydrogen) atoms. The fourth-order valence-electron chi connectivity index (χ4n) is 3.61. The summed E-state index contributed by atoms with van der Waals surface area (Å²) in [6.07, 6.45) is 1.44. The zero-order valence-electron chi connectivity index (χ0n) is 17.4. The van der Waals surface area contributed by atoms with Gasteiger partial charge in [0.2, 0.25) is 6.29 Å². The van der Waals surface area contributed by atoms with Gasteiger partial charge in [-0.05, 0) is 61.9 Å². The molecule has 164 valence electrons. The number of ketones is 1. The summed E-state index contributed by atoms with van der Waals surface area (Å²) in [7, 11) is 0. The van der Waals surface area contributed by atoms with Gasteiger partial charge in [-0.15, -0.1) is 0 Å². The SMILES string of the molecule is CC1(C)OCC2OC(Oc3ccc(/C=C/C(=O)c4ccc(Cl)cc4)cc3)CC(O)C2O1. The van der Waals surface area contributed by atoms with Crippen LogP contribution in [0.25, 0.3) is 6.08 Å². The molecule has 7 heteroatoms. The van der Waals surface area contributed by atoms with Crippen molar-refractivity contribution in [2.75, 3.05) is 6.61 Å². The number of aliphatic hydroxyl groups is 1. The van der Waals surface area contributed by atoms with Crippen LogP contribution in [-0.4, -0.2) is 47.9 Å². The van der Waals surface area contributed by atoms with Gasteiger partial charge in [0.25, 0.3) is 0 Å². The van der Waals surface area contributed by atoms with Gasteiger partial charge in [-0.1, -0.05) is 29.8 Å². The fraction of sp³-hybridized carbons (Fsp3) is 0.375. The number of allylic oxidation sites excluding steroid dienone is 1. The monoisotopic (exact) mass is 444 g/mol. The number of aliphatic hydroxyl groups excluding tert-OH is 1. The lowest BCUT2D eigenvalue weighted by molar-refractivity contribution is -0.356. The zero-order chi connectivity index (χ0) is 22.0. The molecular formula is C24H25ClO6. The minimum absolute atomic E-state index is 0.101. The predicted molar refractivity (Wildman–Crippen MR) is 116 cm³/mol. The molecule has 0 spiro atoms. The lowest BCUT2D eigenvalue weighted by Crippen LogP contribution is -2.59. The second-order valence-corrected chi connectivity index (χ2v) is 8.53. The van der Waals surface area contributed by atoms with Crippen molar-refractivity contribution in [2.24, 2.45) is 0 Å². The lowest BCUT2D eigenvalue weighted by atomic mass is 10.00. The number of ether oxygens (including phenoxy) is 4. The van der Waals surface area contributed by atoms with E-state index in [2.05, 4.69) is 0 Å². The third-order valence-corrected chi connectivity index (χ3v) is 5.48. The maximum absolute atomic E-state index is 12.2. The highest BCUT2D eigenvalue weighted by Crippen LogP contribution is 2.33. The van der Waals surface area contributed by atoms with Crippen LogP contribution in [0.2, 0.25) is 5.02 Å². The Kier molecular flexibility index (Phi) is 6.46. The van der Waals surface area contributed by atoms with Gasteiger partial charge in [-0.2, -0.15) is 0 Å². The Morgan fingerprint density at radius 2 is 1.87 bits per heavy atom. The van der Waals surface area contributed by atoms with Gasteiger partial charge >= 0.3 is 0 Å². The molecule has 0 amide bonds. The van der Waals surface area contributed by atoms with Crippen LogP contribution in [0.4, 0.5) is 0 Å². The number of benzene rings is 2. The summed E-state index contributed by atoms with van der Waals surface area (Å²) < 4.78 is 23.2. The first-order chi connectivity index (χ1) is 14.8. The molecule has 2 aliphatic heterocycles. The number of halogens is 1. The minimum atomic E-state index is -0.739. The topological polar surface area (TPSA) is 74.2 Å². The Bertz CT molecular complexity index is 938. The Labute approximate surface area is 186 Å². The number of fused-ring (bicyclic) bond motifs is 1. The second-order valence-electron chi connectivity index (χ2n) is 8.09. The average Bonchev–Trinajstić information content (AvgIpc) is 2.74. The highest BCUT2D eigenvalue weighted by atomic mass is 35.5. The molecule has 2 fully saturated rings. The largest absolute Gasteiger partial charge is 0.465 e. The summed E-state index contributed by atoms with van der Waals surface area (Å²) in [5.41, 5.74) is 1.43. The number of carbonyl (C=O) groups is 1. The Balaban J connectivity index is 1.33. The van der Waals surface area contributed by atoms with E-state index in [1.54, 1.807) is 42.5 Å². The van der Waals surface area contributed by atoms with Gasteiger partial charge in [0.05, 0.1) is 12.7 Å². The first-order valence-corrected chi connectivity index (χ1v) is 10.6. The molecule has 6 nitrogen and oxygen atoms in total. The number of hydrogen-bond acceptors (Lipinski definition) is 6.